The first-order valence-electron chi connectivity index (χ1n) is 4.63. The second kappa shape index (κ2) is 3.12. The van der Waals surface area contributed by atoms with Crippen LogP contribution in [0.4, 0.5) is 0 Å². The SMILES string of the molecule is NCCC1(O)CCCc2cnoc21. The maximum atomic E-state index is 10.2. The number of nitrogens with zero attached hydrogens (tertiary/aromatic N) is 1. The number of rotatable bonds is 2. The van der Waals surface area contributed by atoms with Gasteiger partial charge in [0.15, 0.2) is 5.76 Å². The number of nitrogens with two attached hydrogens (primary N) is 1. The van der Waals surface area contributed by atoms with Gasteiger partial charge in [-0.25, -0.2) is 0 Å². The molecular weight excluding hydrogens is 168 g/mol. The maximum absolute atomic E-state index is 10.2. The van der Waals surface area contributed by atoms with Crippen molar-refractivity contribution in [2.45, 2.75) is 31.3 Å². The lowest BCUT2D eigenvalue weighted by atomic mass is 9.82. The summed E-state index contributed by atoms with van der Waals surface area (Å²) in [7, 11) is 0. The molecule has 1 unspecified atom stereocenters. The zero-order valence-corrected chi connectivity index (χ0v) is 7.49. The van der Waals surface area contributed by atoms with Crippen molar-refractivity contribution >= 4 is 0 Å². The Labute approximate surface area is 76.7 Å². The molecule has 4 heteroatoms. The van der Waals surface area contributed by atoms with Crippen LogP contribution in [-0.2, 0) is 12.0 Å². The van der Waals surface area contributed by atoms with Crippen molar-refractivity contribution in [3.05, 3.63) is 17.5 Å². The number of hydrogen-bond acceptors (Lipinski definition) is 4. The van der Waals surface area contributed by atoms with Gasteiger partial charge in [0, 0.05) is 5.56 Å². The normalized spacial score (nSPS) is 27.2. The highest BCUT2D eigenvalue weighted by Crippen LogP contribution is 2.37. The van der Waals surface area contributed by atoms with E-state index in [1.54, 1.807) is 6.20 Å². The van der Waals surface area contributed by atoms with Crippen molar-refractivity contribution in [2.24, 2.45) is 5.73 Å². The Kier molecular flexibility index (Phi) is 2.09. The molecule has 13 heavy (non-hydrogen) atoms. The van der Waals surface area contributed by atoms with Gasteiger partial charge in [-0.3, -0.25) is 0 Å². The summed E-state index contributed by atoms with van der Waals surface area (Å²) < 4.78 is 5.07. The van der Waals surface area contributed by atoms with E-state index < -0.39 is 5.60 Å². The monoisotopic (exact) mass is 182 g/mol. The van der Waals surface area contributed by atoms with E-state index in [1.807, 2.05) is 0 Å². The van der Waals surface area contributed by atoms with Crippen molar-refractivity contribution in [2.75, 3.05) is 6.54 Å². The van der Waals surface area contributed by atoms with Crippen molar-refractivity contribution in [1.82, 2.24) is 5.16 Å². The maximum Gasteiger partial charge on any atom is 0.171 e. The highest BCUT2D eigenvalue weighted by molar-refractivity contribution is 5.23. The van der Waals surface area contributed by atoms with Crippen molar-refractivity contribution in [3.8, 4) is 0 Å². The van der Waals surface area contributed by atoms with Crippen LogP contribution in [0.15, 0.2) is 10.7 Å². The first kappa shape index (κ1) is 8.72. The van der Waals surface area contributed by atoms with Crippen LogP contribution < -0.4 is 5.73 Å². The highest BCUT2D eigenvalue weighted by Gasteiger charge is 2.37. The van der Waals surface area contributed by atoms with Crippen LogP contribution in [0.25, 0.3) is 0 Å². The summed E-state index contributed by atoms with van der Waals surface area (Å²) in [5, 5.41) is 13.9. The first-order chi connectivity index (χ1) is 6.26. The Balaban J connectivity index is 2.33. The standard InChI is InChI=1S/C9H14N2O2/c10-5-4-9(12)3-1-2-7-6-11-13-8(7)9/h6,12H,1-5,10H2. The van der Waals surface area contributed by atoms with Crippen LogP contribution in [0.1, 0.15) is 30.6 Å². The fraction of sp³-hybridized carbons (Fsp3) is 0.667. The summed E-state index contributed by atoms with van der Waals surface area (Å²) in [6.07, 6.45) is 4.90. The molecule has 0 aromatic carbocycles. The molecule has 0 aliphatic heterocycles. The summed E-state index contributed by atoms with van der Waals surface area (Å²) in [4.78, 5) is 0. The van der Waals surface area contributed by atoms with Crippen LogP contribution in [0, 0.1) is 0 Å². The molecule has 4 nitrogen and oxygen atoms in total. The zero-order valence-electron chi connectivity index (χ0n) is 7.49. The number of aliphatic hydroxyl groups is 1. The Morgan fingerprint density at radius 3 is 3.31 bits per heavy atom. The van der Waals surface area contributed by atoms with E-state index in [-0.39, 0.29) is 0 Å². The molecule has 1 aliphatic carbocycles. The predicted molar refractivity (Wildman–Crippen MR) is 47.0 cm³/mol. The molecule has 2 rings (SSSR count). The van der Waals surface area contributed by atoms with Gasteiger partial charge in [0.25, 0.3) is 0 Å². The lowest BCUT2D eigenvalue weighted by molar-refractivity contribution is -0.0132. The number of aromatic nitrogens is 1. The summed E-state index contributed by atoms with van der Waals surface area (Å²) in [6, 6.07) is 0. The first-order valence-corrected chi connectivity index (χ1v) is 4.63. The molecule has 0 saturated heterocycles. The average Bonchev–Trinajstić information content (AvgIpc) is 2.54. The number of aryl methyl sites for hydroxylation is 1. The molecule has 0 amide bonds. The van der Waals surface area contributed by atoms with E-state index in [1.165, 1.54) is 0 Å². The van der Waals surface area contributed by atoms with E-state index in [0.29, 0.717) is 18.7 Å². The molecular formula is C9H14N2O2. The van der Waals surface area contributed by atoms with E-state index in [4.69, 9.17) is 10.3 Å². The van der Waals surface area contributed by atoms with Crippen molar-refractivity contribution in [1.29, 1.82) is 0 Å². The average molecular weight is 182 g/mol. The van der Waals surface area contributed by atoms with Gasteiger partial charge < -0.3 is 15.4 Å². The quantitative estimate of drug-likeness (QED) is 0.700. The van der Waals surface area contributed by atoms with Gasteiger partial charge in [0.1, 0.15) is 5.60 Å². The van der Waals surface area contributed by atoms with E-state index >= 15 is 0 Å². The second-order valence-electron chi connectivity index (χ2n) is 3.60. The molecule has 1 aromatic rings. The summed E-state index contributed by atoms with van der Waals surface area (Å²) in [5.41, 5.74) is 5.62. The van der Waals surface area contributed by atoms with Gasteiger partial charge in [-0.1, -0.05) is 5.16 Å². The third kappa shape index (κ3) is 1.36. The van der Waals surface area contributed by atoms with E-state index in [0.717, 1.165) is 24.8 Å². The lowest BCUT2D eigenvalue weighted by Crippen LogP contribution is -2.32. The van der Waals surface area contributed by atoms with Gasteiger partial charge in [-0.05, 0) is 32.2 Å². The molecule has 1 heterocycles. The molecule has 0 radical (unpaired) electrons. The van der Waals surface area contributed by atoms with Crippen LogP contribution >= 0.6 is 0 Å². The molecule has 0 bridgehead atoms. The van der Waals surface area contributed by atoms with Crippen LogP contribution in [-0.4, -0.2) is 16.8 Å². The molecule has 72 valence electrons. The lowest BCUT2D eigenvalue weighted by Gasteiger charge is -2.29. The Morgan fingerprint density at radius 1 is 1.69 bits per heavy atom. The summed E-state index contributed by atoms with van der Waals surface area (Å²) in [5.74, 6) is 0.629. The molecule has 3 N–H and O–H groups in total. The zero-order chi connectivity index (χ0) is 9.31. The van der Waals surface area contributed by atoms with Gasteiger partial charge in [-0.15, -0.1) is 0 Å². The number of hydrogen-bond donors (Lipinski definition) is 2. The van der Waals surface area contributed by atoms with E-state index in [9.17, 15) is 5.11 Å². The van der Waals surface area contributed by atoms with Crippen LogP contribution in [0.3, 0.4) is 0 Å². The second-order valence-corrected chi connectivity index (χ2v) is 3.60. The minimum atomic E-state index is -0.862. The third-order valence-corrected chi connectivity index (χ3v) is 2.66. The minimum Gasteiger partial charge on any atom is -0.382 e. The Hall–Kier alpha value is -0.870. The topological polar surface area (TPSA) is 72.3 Å². The smallest absolute Gasteiger partial charge is 0.171 e. The summed E-state index contributed by atoms with van der Waals surface area (Å²) >= 11 is 0. The Morgan fingerprint density at radius 2 is 2.54 bits per heavy atom. The largest absolute Gasteiger partial charge is 0.382 e. The van der Waals surface area contributed by atoms with Gasteiger partial charge in [0.05, 0.1) is 6.20 Å². The van der Waals surface area contributed by atoms with Crippen LogP contribution in [0.5, 0.6) is 0 Å². The van der Waals surface area contributed by atoms with E-state index in [2.05, 4.69) is 5.16 Å². The van der Waals surface area contributed by atoms with Crippen molar-refractivity contribution < 1.29 is 9.63 Å². The van der Waals surface area contributed by atoms with Crippen LogP contribution in [0.2, 0.25) is 0 Å². The molecule has 0 fully saturated rings. The molecule has 1 atom stereocenters. The molecule has 1 aromatic heterocycles. The highest BCUT2D eigenvalue weighted by atomic mass is 16.5. The minimum absolute atomic E-state index is 0.469. The van der Waals surface area contributed by atoms with Gasteiger partial charge >= 0.3 is 0 Å². The predicted octanol–water partition coefficient (Wildman–Crippen LogP) is 0.547. The molecule has 0 saturated carbocycles. The van der Waals surface area contributed by atoms with Crippen molar-refractivity contribution in [3.63, 3.8) is 0 Å². The Bertz CT molecular complexity index is 298. The third-order valence-electron chi connectivity index (χ3n) is 2.66. The molecule has 0 spiro atoms. The molecule has 1 aliphatic rings. The fourth-order valence-electron chi connectivity index (χ4n) is 1.98. The van der Waals surface area contributed by atoms with Gasteiger partial charge in [-0.2, -0.15) is 0 Å². The number of fused-ring (bicyclic) bond motifs is 1. The van der Waals surface area contributed by atoms with Gasteiger partial charge in [0.2, 0.25) is 0 Å². The fourth-order valence-corrected chi connectivity index (χ4v) is 1.98. The summed E-state index contributed by atoms with van der Waals surface area (Å²) in [6.45, 7) is 0.469.